The molecular formula is C118H80N14. The molecule has 22 aromatic rings. The summed E-state index contributed by atoms with van der Waals surface area (Å²) < 4.78 is 2.15. The molecule has 0 fully saturated rings. The Labute approximate surface area is 763 Å². The van der Waals surface area contributed by atoms with Gasteiger partial charge in [-0.25, -0.2) is 49.8 Å². The van der Waals surface area contributed by atoms with Crippen molar-refractivity contribution in [2.24, 2.45) is 7.05 Å². The minimum absolute atomic E-state index is 0.336. The van der Waals surface area contributed by atoms with Gasteiger partial charge in [-0.3, -0.25) is 0 Å². The zero-order valence-corrected chi connectivity index (χ0v) is 71.7. The van der Waals surface area contributed by atoms with Gasteiger partial charge in [0.25, 0.3) is 0 Å². The summed E-state index contributed by atoms with van der Waals surface area (Å²) in [5, 5.41) is 33.0. The van der Waals surface area contributed by atoms with E-state index in [2.05, 4.69) is 175 Å². The summed E-state index contributed by atoms with van der Waals surface area (Å²) in [5.41, 5.74) is 23.0. The van der Waals surface area contributed by atoms with Crippen molar-refractivity contribution in [2.45, 2.75) is 0 Å². The highest BCUT2D eigenvalue weighted by atomic mass is 15.1. The van der Waals surface area contributed by atoms with Crippen LogP contribution in [0.1, 0.15) is 16.7 Å². The molecule has 0 amide bonds. The second kappa shape index (κ2) is 37.5. The molecule has 0 aliphatic rings. The highest BCUT2D eigenvalue weighted by Crippen LogP contribution is 2.44. The average Bonchev–Trinajstić information content (AvgIpc) is 0.796. The number of nitrogens with zero attached hydrogens (tertiary/aromatic N) is 12. The molecule has 0 bridgehead atoms. The van der Waals surface area contributed by atoms with Crippen LogP contribution in [0.5, 0.6) is 0 Å². The van der Waals surface area contributed by atoms with Crippen LogP contribution in [-0.4, -0.2) is 65.8 Å². The van der Waals surface area contributed by atoms with E-state index in [0.29, 0.717) is 69.4 Å². The van der Waals surface area contributed by atoms with Gasteiger partial charge >= 0.3 is 0 Å². The first-order valence-electron chi connectivity index (χ1n) is 43.5. The maximum atomic E-state index is 9.17. The van der Waals surface area contributed by atoms with Crippen LogP contribution in [0.4, 0.5) is 0 Å². The zero-order valence-electron chi connectivity index (χ0n) is 71.7. The Bertz CT molecular complexity index is 7880. The van der Waals surface area contributed by atoms with Crippen LogP contribution >= 0.6 is 0 Å². The average molecular weight is 1690 g/mol. The molecule has 0 aliphatic carbocycles. The van der Waals surface area contributed by atoms with Crippen LogP contribution < -0.4 is 0 Å². The van der Waals surface area contributed by atoms with Crippen molar-refractivity contribution >= 4 is 54.8 Å². The van der Waals surface area contributed by atoms with E-state index < -0.39 is 0 Å². The summed E-state index contributed by atoms with van der Waals surface area (Å²) in [4.78, 5) is 49.8. The molecule has 0 atom stereocenters. The van der Waals surface area contributed by atoms with Crippen LogP contribution in [0.2, 0.25) is 0 Å². The Morgan fingerprint density at radius 1 is 0.235 bits per heavy atom. The van der Waals surface area contributed by atoms with Gasteiger partial charge in [0.1, 0.15) is 5.82 Å². The lowest BCUT2D eigenvalue weighted by Crippen LogP contribution is -2.01. The van der Waals surface area contributed by atoms with E-state index in [4.69, 9.17) is 65.9 Å². The maximum absolute atomic E-state index is 9.17. The van der Waals surface area contributed by atoms with Gasteiger partial charge in [-0.05, 0) is 126 Å². The van der Waals surface area contributed by atoms with Crippen molar-refractivity contribution in [1.29, 1.82) is 16.1 Å². The van der Waals surface area contributed by atoms with Gasteiger partial charge in [0.2, 0.25) is 0 Å². The Morgan fingerprint density at radius 3 is 0.818 bits per heavy atom. The van der Waals surface area contributed by atoms with E-state index in [0.717, 1.165) is 160 Å². The first-order chi connectivity index (χ1) is 65.1. The van der Waals surface area contributed by atoms with Crippen LogP contribution in [0.3, 0.4) is 0 Å². The first-order valence-corrected chi connectivity index (χ1v) is 43.5. The van der Waals surface area contributed by atoms with Crippen molar-refractivity contribution < 1.29 is 0 Å². The molecule has 0 spiro atoms. The van der Waals surface area contributed by atoms with Gasteiger partial charge in [0.05, 0.1) is 34.1 Å². The predicted octanol–water partition coefficient (Wildman–Crippen LogP) is 28.2. The lowest BCUT2D eigenvalue weighted by Gasteiger charge is -2.15. The SMILES string of the molecule is Cn1c(-c2ccc(-c3c(-c4nc(-c5ccccc5)nc(-c5ccccc5)n4)ccc4ccccc34)cc2)nc2ccccc21.N#Cc1ccc(-c2ccc(-c3c(-c4nc(-c5ccccc5)nc(-c5ccccc5)n4)ccc4ccccc34)cc2)cc1.N=C(/C=C\C(=N)c1ccc(-c2c(-c3nc(-c4ccccc4)nc(-c4ccccc4)n3)ccc3ccccc23)cc1)c1ccccc1. The normalized spacial score (nSPS) is 11.1. The third-order valence-corrected chi connectivity index (χ3v) is 23.3. The third kappa shape index (κ3) is 17.5. The van der Waals surface area contributed by atoms with E-state index in [-0.39, 0.29) is 0 Å². The quantitative estimate of drug-likeness (QED) is 0.0773. The molecule has 0 unspecified atom stereocenters. The van der Waals surface area contributed by atoms with Gasteiger partial charge < -0.3 is 15.4 Å². The van der Waals surface area contributed by atoms with E-state index in [1.165, 1.54) is 0 Å². The fraction of sp³-hybridized carbons (Fsp3) is 0.00847. The summed E-state index contributed by atoms with van der Waals surface area (Å²) in [6, 6.07) is 151. The number of nitrogens with one attached hydrogen (secondary N) is 2. The topological polar surface area (TPSA) is 205 Å². The lowest BCUT2D eigenvalue weighted by molar-refractivity contribution is 0.959. The standard InChI is InChI=1S/C41H29N5.C39H27N5.C38H24N4/c42-36(29-13-4-1-5-14-29)26-27-37(43)30-20-22-31(23-21-30)38-34-19-11-10-12-28(34)24-25-35(38)41-45-39(32-15-6-2-7-16-32)44-40(46-41)33-17-8-3-9-18-33;1-44-34-19-11-10-18-33(34)40-39(44)30-22-20-27(21-23-30)35-31-17-9-8-12-26(31)24-25-32(35)38-42-36(28-13-4-2-5-14-28)41-37(43-38)29-15-6-3-7-16-29;39-25-26-15-17-27(18-16-26)28-19-21-30(22-20-28)35-33-14-8-7-9-29(33)23-24-34(35)38-41-36(31-10-3-1-4-11-31)40-37(42-38)32-12-5-2-6-13-32/h1-27,42-43H;2-25H,1H3;1-24H/b27-26-,42-36?,43-37?;;. The fourth-order valence-electron chi connectivity index (χ4n) is 16.6. The second-order valence-electron chi connectivity index (χ2n) is 31.7. The second-order valence-corrected chi connectivity index (χ2v) is 31.7. The number of nitriles is 1. The van der Waals surface area contributed by atoms with Crippen molar-refractivity contribution in [3.63, 3.8) is 0 Å². The van der Waals surface area contributed by atoms with Crippen molar-refractivity contribution in [2.75, 3.05) is 0 Å². The zero-order chi connectivity index (χ0) is 89.1. The number of fused-ring (bicyclic) bond motifs is 4. The largest absolute Gasteiger partial charge is 0.327 e. The maximum Gasteiger partial charge on any atom is 0.164 e. The van der Waals surface area contributed by atoms with Crippen LogP contribution in [0.15, 0.2) is 455 Å². The number of para-hydroxylation sites is 2. The van der Waals surface area contributed by atoms with Gasteiger partial charge in [-0.2, -0.15) is 5.26 Å². The highest BCUT2D eigenvalue weighted by Gasteiger charge is 2.24. The van der Waals surface area contributed by atoms with Crippen molar-refractivity contribution in [3.8, 4) is 164 Å². The molecule has 22 rings (SSSR count). The molecule has 0 saturated carbocycles. The summed E-state index contributed by atoms with van der Waals surface area (Å²) in [5.74, 6) is 6.57. The molecular weight excluding hydrogens is 1610 g/mol. The molecule has 132 heavy (non-hydrogen) atoms. The fourth-order valence-corrected chi connectivity index (χ4v) is 16.6. The van der Waals surface area contributed by atoms with Crippen LogP contribution in [0.25, 0.3) is 202 Å². The van der Waals surface area contributed by atoms with E-state index >= 15 is 0 Å². The number of rotatable bonds is 18. The molecule has 2 N–H and O–H groups in total. The minimum Gasteiger partial charge on any atom is -0.327 e. The summed E-state index contributed by atoms with van der Waals surface area (Å²) in [6.07, 6.45) is 3.35. The molecule has 0 aliphatic heterocycles. The molecule has 622 valence electrons. The molecule has 18 aromatic carbocycles. The molecule has 0 radical (unpaired) electrons. The molecule has 14 heteroatoms. The van der Waals surface area contributed by atoms with E-state index in [9.17, 15) is 0 Å². The highest BCUT2D eigenvalue weighted by molar-refractivity contribution is 6.14. The molecule has 4 heterocycles. The van der Waals surface area contributed by atoms with E-state index in [1.54, 1.807) is 12.2 Å². The summed E-state index contributed by atoms with van der Waals surface area (Å²) >= 11 is 0. The number of hydrogen-bond acceptors (Lipinski definition) is 13. The van der Waals surface area contributed by atoms with Gasteiger partial charge in [-0.1, -0.05) is 400 Å². The molecule has 14 nitrogen and oxygen atoms in total. The Hall–Kier alpha value is -18.2. The number of benzene rings is 18. The first kappa shape index (κ1) is 82.1. The number of aryl methyl sites for hydroxylation is 1. The number of allylic oxidation sites excluding steroid dienone is 2. The van der Waals surface area contributed by atoms with Crippen molar-refractivity contribution in [1.82, 2.24) is 54.4 Å². The summed E-state index contributed by atoms with van der Waals surface area (Å²) in [6.45, 7) is 0. The lowest BCUT2D eigenvalue weighted by atomic mass is 9.91. The number of hydrogen-bond donors (Lipinski definition) is 2. The predicted molar refractivity (Wildman–Crippen MR) is 536 cm³/mol. The third-order valence-electron chi connectivity index (χ3n) is 23.3. The smallest absolute Gasteiger partial charge is 0.164 e. The number of aromatic nitrogens is 11. The van der Waals surface area contributed by atoms with E-state index in [1.807, 2.05) is 285 Å². The number of imidazole rings is 1. The Balaban J connectivity index is 0.000000123. The van der Waals surface area contributed by atoms with Crippen LogP contribution in [-0.2, 0) is 7.05 Å². The Morgan fingerprint density at radius 2 is 0.492 bits per heavy atom. The Kier molecular flexibility index (Phi) is 23.4. The molecule has 0 saturated heterocycles. The summed E-state index contributed by atoms with van der Waals surface area (Å²) in [7, 11) is 2.07. The molecule has 4 aromatic heterocycles. The van der Waals surface area contributed by atoms with Gasteiger partial charge in [-0.15, -0.1) is 0 Å². The van der Waals surface area contributed by atoms with Gasteiger partial charge in [0.15, 0.2) is 52.4 Å². The van der Waals surface area contributed by atoms with Gasteiger partial charge in [0, 0.05) is 79.4 Å². The monoisotopic (exact) mass is 1690 g/mol. The minimum atomic E-state index is 0.336. The van der Waals surface area contributed by atoms with Crippen molar-refractivity contribution in [3.05, 3.63) is 472 Å². The van der Waals surface area contributed by atoms with Crippen LogP contribution in [0, 0.1) is 22.1 Å².